The zero-order chi connectivity index (χ0) is 24.1. The molecule has 1 amide bonds. The fraction of sp³-hybridized carbons (Fsp3) is 0.217. The van der Waals surface area contributed by atoms with Gasteiger partial charge in [0.1, 0.15) is 34.2 Å². The van der Waals surface area contributed by atoms with Crippen molar-refractivity contribution in [2.45, 2.75) is 19.0 Å². The minimum absolute atomic E-state index is 0.0587. The Kier molecular flexibility index (Phi) is 7.33. The lowest BCUT2D eigenvalue weighted by Crippen LogP contribution is -2.16. The molecule has 1 N–H and O–H groups in total. The van der Waals surface area contributed by atoms with Crippen molar-refractivity contribution in [3.63, 3.8) is 0 Å². The smallest absolute Gasteiger partial charge is 0.341 e. The van der Waals surface area contributed by atoms with E-state index in [1.807, 2.05) is 37.3 Å². The van der Waals surface area contributed by atoms with Crippen LogP contribution in [-0.4, -0.2) is 46.1 Å². The number of thiophene rings is 1. The van der Waals surface area contributed by atoms with Gasteiger partial charge in [0.25, 0.3) is 0 Å². The maximum Gasteiger partial charge on any atom is 0.341 e. The molecule has 0 aliphatic rings. The number of aryl methyl sites for hydroxylation is 1. The SMILES string of the molecule is CCOC(=O)c1c(-c2ccc(C)o2)csc1NC(=O)CSc1nncn1-c1ccccc1OC. The van der Waals surface area contributed by atoms with Gasteiger partial charge in [0.2, 0.25) is 5.91 Å². The average Bonchev–Trinajstić information content (AvgIpc) is 3.57. The molecule has 0 atom stereocenters. The Morgan fingerprint density at radius 3 is 2.79 bits per heavy atom. The van der Waals surface area contributed by atoms with E-state index in [0.29, 0.717) is 27.2 Å². The number of aromatic nitrogens is 3. The fourth-order valence-electron chi connectivity index (χ4n) is 3.23. The number of amides is 1. The van der Waals surface area contributed by atoms with E-state index in [1.165, 1.54) is 23.1 Å². The summed E-state index contributed by atoms with van der Waals surface area (Å²) in [4.78, 5) is 25.4. The second-order valence-electron chi connectivity index (χ2n) is 6.98. The van der Waals surface area contributed by atoms with Crippen LogP contribution in [0.1, 0.15) is 23.0 Å². The van der Waals surface area contributed by atoms with Crippen molar-refractivity contribution in [1.82, 2.24) is 14.8 Å². The number of methoxy groups -OCH3 is 1. The monoisotopic (exact) mass is 498 g/mol. The van der Waals surface area contributed by atoms with E-state index >= 15 is 0 Å². The highest BCUT2D eigenvalue weighted by molar-refractivity contribution is 7.99. The second kappa shape index (κ2) is 10.6. The fourth-order valence-corrected chi connectivity index (χ4v) is 4.90. The summed E-state index contributed by atoms with van der Waals surface area (Å²) in [6.07, 6.45) is 1.56. The van der Waals surface area contributed by atoms with E-state index < -0.39 is 5.97 Å². The molecule has 0 fully saturated rings. The summed E-state index contributed by atoms with van der Waals surface area (Å²) in [5.41, 5.74) is 1.62. The van der Waals surface area contributed by atoms with Crippen molar-refractivity contribution in [3.8, 4) is 22.8 Å². The van der Waals surface area contributed by atoms with Crippen LogP contribution in [0.25, 0.3) is 17.0 Å². The predicted molar refractivity (Wildman–Crippen MR) is 130 cm³/mol. The molecule has 0 radical (unpaired) electrons. The first kappa shape index (κ1) is 23.6. The van der Waals surface area contributed by atoms with Crippen molar-refractivity contribution >= 4 is 40.0 Å². The standard InChI is InChI=1S/C23H22N4O5S2/c1-4-31-22(29)20-15(17-10-9-14(2)32-17)11-33-21(20)25-19(28)12-34-23-26-24-13-27(23)16-7-5-6-8-18(16)30-3/h5-11,13H,4,12H2,1-3H3,(H,25,28). The molecule has 0 saturated carbocycles. The summed E-state index contributed by atoms with van der Waals surface area (Å²) in [5.74, 6) is 1.16. The molecule has 0 aliphatic carbocycles. The van der Waals surface area contributed by atoms with Crippen LogP contribution in [0.2, 0.25) is 0 Å². The normalized spacial score (nSPS) is 10.8. The Labute approximate surface area is 204 Å². The molecule has 4 aromatic rings. The van der Waals surface area contributed by atoms with Crippen LogP contribution in [0, 0.1) is 6.92 Å². The zero-order valence-electron chi connectivity index (χ0n) is 18.7. The van der Waals surface area contributed by atoms with Crippen LogP contribution in [0.3, 0.4) is 0 Å². The van der Waals surface area contributed by atoms with Gasteiger partial charge >= 0.3 is 5.97 Å². The molecule has 34 heavy (non-hydrogen) atoms. The number of nitrogens with zero attached hydrogens (tertiary/aromatic N) is 3. The topological polar surface area (TPSA) is 108 Å². The number of carbonyl (C=O) groups excluding carboxylic acids is 2. The highest BCUT2D eigenvalue weighted by Gasteiger charge is 2.24. The van der Waals surface area contributed by atoms with Crippen molar-refractivity contribution < 1.29 is 23.5 Å². The third kappa shape index (κ3) is 5.00. The first-order valence-electron chi connectivity index (χ1n) is 10.3. The lowest BCUT2D eigenvalue weighted by atomic mass is 10.1. The van der Waals surface area contributed by atoms with Crippen LogP contribution >= 0.6 is 23.1 Å². The van der Waals surface area contributed by atoms with Gasteiger partial charge < -0.3 is 19.2 Å². The maximum atomic E-state index is 12.8. The van der Waals surface area contributed by atoms with Crippen LogP contribution in [0.5, 0.6) is 5.75 Å². The van der Waals surface area contributed by atoms with Gasteiger partial charge in [-0.15, -0.1) is 21.5 Å². The maximum absolute atomic E-state index is 12.8. The summed E-state index contributed by atoms with van der Waals surface area (Å²) in [5, 5.41) is 13.6. The number of ether oxygens (including phenoxy) is 2. The molecule has 3 aromatic heterocycles. The number of furan rings is 1. The molecule has 176 valence electrons. The molecule has 9 nitrogen and oxygen atoms in total. The highest BCUT2D eigenvalue weighted by atomic mass is 32.2. The summed E-state index contributed by atoms with van der Waals surface area (Å²) in [6, 6.07) is 11.1. The van der Waals surface area contributed by atoms with E-state index in [0.717, 1.165) is 11.4 Å². The average molecular weight is 499 g/mol. The highest BCUT2D eigenvalue weighted by Crippen LogP contribution is 2.37. The minimum atomic E-state index is -0.522. The quantitative estimate of drug-likeness (QED) is 0.259. The first-order chi connectivity index (χ1) is 16.5. The van der Waals surface area contributed by atoms with Crippen molar-refractivity contribution in [2.75, 3.05) is 24.8 Å². The lowest BCUT2D eigenvalue weighted by molar-refractivity contribution is -0.113. The number of para-hydroxylation sites is 2. The molecule has 0 saturated heterocycles. The Hall–Kier alpha value is -3.57. The first-order valence-corrected chi connectivity index (χ1v) is 12.2. The molecule has 4 rings (SSSR count). The Morgan fingerprint density at radius 2 is 2.06 bits per heavy atom. The summed E-state index contributed by atoms with van der Waals surface area (Å²) < 4.78 is 18.1. The third-order valence-corrected chi connectivity index (χ3v) is 6.56. The lowest BCUT2D eigenvalue weighted by Gasteiger charge is -2.11. The van der Waals surface area contributed by atoms with E-state index in [4.69, 9.17) is 13.9 Å². The van der Waals surface area contributed by atoms with Crippen LogP contribution in [0.15, 0.2) is 57.7 Å². The van der Waals surface area contributed by atoms with Crippen LogP contribution in [0.4, 0.5) is 5.00 Å². The number of esters is 1. The van der Waals surface area contributed by atoms with Gasteiger partial charge in [-0.3, -0.25) is 9.36 Å². The predicted octanol–water partition coefficient (Wildman–Crippen LogP) is 4.81. The number of thioether (sulfide) groups is 1. The van der Waals surface area contributed by atoms with Gasteiger partial charge in [-0.05, 0) is 38.1 Å². The number of carbonyl (C=O) groups is 2. The van der Waals surface area contributed by atoms with E-state index in [2.05, 4.69) is 15.5 Å². The Balaban J connectivity index is 1.51. The Bertz CT molecular complexity index is 1310. The van der Waals surface area contributed by atoms with Gasteiger partial charge in [-0.25, -0.2) is 4.79 Å². The molecule has 0 spiro atoms. The van der Waals surface area contributed by atoms with Gasteiger partial charge in [0.05, 0.1) is 25.2 Å². The number of rotatable bonds is 9. The van der Waals surface area contributed by atoms with Gasteiger partial charge in [-0.1, -0.05) is 23.9 Å². The molecule has 3 heterocycles. The van der Waals surface area contributed by atoms with Crippen molar-refractivity contribution in [3.05, 3.63) is 59.4 Å². The Morgan fingerprint density at radius 1 is 1.24 bits per heavy atom. The molecule has 11 heteroatoms. The second-order valence-corrected chi connectivity index (χ2v) is 8.80. The van der Waals surface area contributed by atoms with Crippen LogP contribution in [-0.2, 0) is 9.53 Å². The molecular formula is C23H22N4O5S2. The van der Waals surface area contributed by atoms with Gasteiger partial charge in [0, 0.05) is 10.9 Å². The number of anilines is 1. The summed E-state index contributed by atoms with van der Waals surface area (Å²) >= 11 is 2.46. The van der Waals surface area contributed by atoms with Gasteiger partial charge in [-0.2, -0.15) is 0 Å². The van der Waals surface area contributed by atoms with Gasteiger partial charge in [0.15, 0.2) is 5.16 Å². The minimum Gasteiger partial charge on any atom is -0.495 e. The van der Waals surface area contributed by atoms with E-state index in [1.54, 1.807) is 36.4 Å². The number of hydrogen-bond acceptors (Lipinski definition) is 9. The summed E-state index contributed by atoms with van der Waals surface area (Å²) in [7, 11) is 1.59. The third-order valence-electron chi connectivity index (χ3n) is 4.72. The largest absolute Gasteiger partial charge is 0.495 e. The molecule has 0 bridgehead atoms. The van der Waals surface area contributed by atoms with Crippen LogP contribution < -0.4 is 10.1 Å². The van der Waals surface area contributed by atoms with Crippen molar-refractivity contribution in [1.29, 1.82) is 0 Å². The van der Waals surface area contributed by atoms with Crippen molar-refractivity contribution in [2.24, 2.45) is 0 Å². The molecule has 1 aromatic carbocycles. The zero-order valence-corrected chi connectivity index (χ0v) is 20.4. The van der Waals surface area contributed by atoms with E-state index in [-0.39, 0.29) is 23.8 Å². The molecule has 0 unspecified atom stereocenters. The summed E-state index contributed by atoms with van der Waals surface area (Å²) in [6.45, 7) is 3.77. The number of hydrogen-bond donors (Lipinski definition) is 1. The van der Waals surface area contributed by atoms with E-state index in [9.17, 15) is 9.59 Å². The number of nitrogens with one attached hydrogen (secondary N) is 1. The molecule has 0 aliphatic heterocycles. The molecular weight excluding hydrogens is 476 g/mol. The number of benzene rings is 1.